The lowest BCUT2D eigenvalue weighted by Gasteiger charge is -2.16. The average Bonchev–Trinajstić information content (AvgIpc) is 2.89. The van der Waals surface area contributed by atoms with Crippen molar-refractivity contribution >= 4 is 16.0 Å². The van der Waals surface area contributed by atoms with Gasteiger partial charge in [0.1, 0.15) is 11.9 Å². The lowest BCUT2D eigenvalue weighted by molar-refractivity contribution is -0.141. The van der Waals surface area contributed by atoms with Gasteiger partial charge in [-0.2, -0.15) is 9.57 Å². The number of aliphatic carboxylic acids is 1. The first-order chi connectivity index (χ1) is 9.36. The molecule has 1 atom stereocenters. The molecular formula is C12H11FN2O4S. The van der Waals surface area contributed by atoms with E-state index in [-0.39, 0.29) is 30.0 Å². The molecule has 1 N–H and O–H groups in total. The molecule has 1 aromatic carbocycles. The molecule has 106 valence electrons. The summed E-state index contributed by atoms with van der Waals surface area (Å²) < 4.78 is 38.8. The quantitative estimate of drug-likeness (QED) is 0.889. The molecule has 1 aliphatic rings. The van der Waals surface area contributed by atoms with Crippen LogP contribution in [0.1, 0.15) is 12.0 Å². The van der Waals surface area contributed by atoms with Crippen molar-refractivity contribution in [1.82, 2.24) is 4.31 Å². The van der Waals surface area contributed by atoms with Crippen molar-refractivity contribution in [3.8, 4) is 6.07 Å². The fraction of sp³-hybridized carbons (Fsp3) is 0.333. The number of benzene rings is 1. The first-order valence-electron chi connectivity index (χ1n) is 5.79. The second-order valence-electron chi connectivity index (χ2n) is 4.44. The summed E-state index contributed by atoms with van der Waals surface area (Å²) in [5.74, 6) is -2.57. The van der Waals surface area contributed by atoms with E-state index in [1.165, 1.54) is 0 Å². The van der Waals surface area contributed by atoms with E-state index < -0.39 is 27.7 Å². The van der Waals surface area contributed by atoms with E-state index in [4.69, 9.17) is 10.4 Å². The number of hydrogen-bond donors (Lipinski definition) is 1. The van der Waals surface area contributed by atoms with Gasteiger partial charge < -0.3 is 5.11 Å². The van der Waals surface area contributed by atoms with Crippen molar-refractivity contribution in [2.45, 2.75) is 11.3 Å². The van der Waals surface area contributed by atoms with Gasteiger partial charge in [-0.05, 0) is 24.6 Å². The minimum atomic E-state index is -3.90. The topological polar surface area (TPSA) is 98.5 Å². The molecule has 0 bridgehead atoms. The summed E-state index contributed by atoms with van der Waals surface area (Å²) in [7, 11) is -3.90. The van der Waals surface area contributed by atoms with E-state index in [9.17, 15) is 17.6 Å². The molecule has 0 radical (unpaired) electrons. The number of carboxylic acids is 1. The summed E-state index contributed by atoms with van der Waals surface area (Å²) in [6.45, 7) is -0.0184. The van der Waals surface area contributed by atoms with Crippen molar-refractivity contribution in [3.63, 3.8) is 0 Å². The second kappa shape index (κ2) is 5.19. The predicted octanol–water partition coefficient (Wildman–Crippen LogP) is 0.793. The van der Waals surface area contributed by atoms with E-state index >= 15 is 0 Å². The number of hydrogen-bond acceptors (Lipinski definition) is 4. The van der Waals surface area contributed by atoms with Crippen molar-refractivity contribution in [1.29, 1.82) is 5.26 Å². The monoisotopic (exact) mass is 298 g/mol. The Morgan fingerprint density at radius 3 is 2.75 bits per heavy atom. The van der Waals surface area contributed by atoms with Crippen LogP contribution in [0.25, 0.3) is 0 Å². The van der Waals surface area contributed by atoms with Gasteiger partial charge in [-0.3, -0.25) is 4.79 Å². The maximum atomic E-state index is 13.2. The van der Waals surface area contributed by atoms with Gasteiger partial charge in [-0.25, -0.2) is 12.8 Å². The van der Waals surface area contributed by atoms with Crippen LogP contribution in [0.2, 0.25) is 0 Å². The predicted molar refractivity (Wildman–Crippen MR) is 65.6 cm³/mol. The largest absolute Gasteiger partial charge is 0.481 e. The number of halogens is 1. The second-order valence-corrected chi connectivity index (χ2v) is 6.38. The highest BCUT2D eigenvalue weighted by atomic mass is 32.2. The molecular weight excluding hydrogens is 287 g/mol. The third kappa shape index (κ3) is 2.50. The molecule has 0 saturated carbocycles. The molecule has 1 saturated heterocycles. The van der Waals surface area contributed by atoms with Crippen LogP contribution in [0.4, 0.5) is 4.39 Å². The molecule has 1 aromatic rings. The van der Waals surface area contributed by atoms with E-state index in [0.717, 1.165) is 22.5 Å². The van der Waals surface area contributed by atoms with E-state index in [2.05, 4.69) is 0 Å². The molecule has 0 aromatic heterocycles. The molecule has 0 aliphatic carbocycles. The zero-order valence-corrected chi connectivity index (χ0v) is 11.1. The van der Waals surface area contributed by atoms with Gasteiger partial charge in [0.25, 0.3) is 0 Å². The van der Waals surface area contributed by atoms with Crippen LogP contribution in [0.3, 0.4) is 0 Å². The smallest absolute Gasteiger partial charge is 0.307 e. The summed E-state index contributed by atoms with van der Waals surface area (Å²) in [6.07, 6.45) is 0.237. The first-order valence-corrected chi connectivity index (χ1v) is 7.23. The Hall–Kier alpha value is -1.98. The third-order valence-corrected chi connectivity index (χ3v) is 5.06. The number of nitriles is 1. The minimum Gasteiger partial charge on any atom is -0.481 e. The average molecular weight is 298 g/mol. The third-order valence-electron chi connectivity index (χ3n) is 3.20. The summed E-state index contributed by atoms with van der Waals surface area (Å²) >= 11 is 0. The fourth-order valence-corrected chi connectivity index (χ4v) is 3.57. The Kier molecular flexibility index (Phi) is 3.74. The maximum absolute atomic E-state index is 13.2. The van der Waals surface area contributed by atoms with Gasteiger partial charge in [-0.1, -0.05) is 0 Å². The van der Waals surface area contributed by atoms with Gasteiger partial charge in [0.15, 0.2) is 0 Å². The van der Waals surface area contributed by atoms with Crippen molar-refractivity contribution < 1.29 is 22.7 Å². The molecule has 0 amide bonds. The highest BCUT2D eigenvalue weighted by molar-refractivity contribution is 7.89. The van der Waals surface area contributed by atoms with Crippen LogP contribution in [-0.2, 0) is 14.8 Å². The Labute approximate surface area is 115 Å². The van der Waals surface area contributed by atoms with Gasteiger partial charge in [-0.15, -0.1) is 0 Å². The normalized spacial score (nSPS) is 19.7. The van der Waals surface area contributed by atoms with Crippen molar-refractivity contribution in [2.24, 2.45) is 5.92 Å². The lowest BCUT2D eigenvalue weighted by atomic mass is 10.1. The van der Waals surface area contributed by atoms with Crippen LogP contribution in [-0.4, -0.2) is 36.9 Å². The van der Waals surface area contributed by atoms with Crippen molar-refractivity contribution in [3.05, 3.63) is 29.6 Å². The number of carbonyl (C=O) groups is 1. The van der Waals surface area contributed by atoms with E-state index in [0.29, 0.717) is 0 Å². The molecule has 8 heteroatoms. The Morgan fingerprint density at radius 2 is 2.20 bits per heavy atom. The number of nitrogens with zero attached hydrogens (tertiary/aromatic N) is 2. The zero-order chi connectivity index (χ0) is 14.9. The summed E-state index contributed by atoms with van der Waals surface area (Å²) in [4.78, 5) is 10.6. The summed E-state index contributed by atoms with van der Waals surface area (Å²) in [6, 6.07) is 4.51. The van der Waals surface area contributed by atoms with Gasteiger partial charge in [0.05, 0.1) is 16.4 Å². The molecule has 0 spiro atoms. The minimum absolute atomic E-state index is 0.0958. The molecule has 1 fully saturated rings. The van der Waals surface area contributed by atoms with E-state index in [1.807, 2.05) is 0 Å². The highest BCUT2D eigenvalue weighted by Gasteiger charge is 2.35. The summed E-state index contributed by atoms with van der Waals surface area (Å²) in [5, 5.41) is 17.6. The SMILES string of the molecule is N#Cc1cc(S(=O)(=O)N2CCC(C(=O)O)C2)ccc1F. The molecule has 1 heterocycles. The van der Waals surface area contributed by atoms with Crippen LogP contribution in [0.5, 0.6) is 0 Å². The van der Waals surface area contributed by atoms with Crippen LogP contribution in [0, 0.1) is 23.1 Å². The Bertz CT molecular complexity index is 696. The van der Waals surface area contributed by atoms with Crippen LogP contribution < -0.4 is 0 Å². The fourth-order valence-electron chi connectivity index (χ4n) is 2.05. The molecule has 6 nitrogen and oxygen atoms in total. The van der Waals surface area contributed by atoms with Gasteiger partial charge in [0, 0.05) is 13.1 Å². The molecule has 1 unspecified atom stereocenters. The number of carboxylic acid groups (broad SMARTS) is 1. The number of sulfonamides is 1. The zero-order valence-electron chi connectivity index (χ0n) is 10.3. The maximum Gasteiger partial charge on any atom is 0.307 e. The Balaban J connectivity index is 2.33. The van der Waals surface area contributed by atoms with Gasteiger partial charge >= 0.3 is 5.97 Å². The van der Waals surface area contributed by atoms with Crippen molar-refractivity contribution in [2.75, 3.05) is 13.1 Å². The lowest BCUT2D eigenvalue weighted by Crippen LogP contribution is -2.30. The van der Waals surface area contributed by atoms with Gasteiger partial charge in [0.2, 0.25) is 10.0 Å². The number of rotatable bonds is 3. The standard InChI is InChI=1S/C12H11FN2O4S/c13-11-2-1-10(5-9(11)6-14)20(18,19)15-4-3-8(7-15)12(16)17/h1-2,5,8H,3-4,7H2,(H,16,17). The van der Waals surface area contributed by atoms with Crippen LogP contribution >= 0.6 is 0 Å². The Morgan fingerprint density at radius 1 is 1.50 bits per heavy atom. The molecule has 1 aliphatic heterocycles. The molecule has 2 rings (SSSR count). The highest BCUT2D eigenvalue weighted by Crippen LogP contribution is 2.25. The van der Waals surface area contributed by atoms with E-state index in [1.54, 1.807) is 6.07 Å². The molecule has 20 heavy (non-hydrogen) atoms. The summed E-state index contributed by atoms with van der Waals surface area (Å²) in [5.41, 5.74) is -0.361. The van der Waals surface area contributed by atoms with Crippen LogP contribution in [0.15, 0.2) is 23.1 Å². The first kappa shape index (κ1) is 14.4.